The third-order valence-electron chi connectivity index (χ3n) is 2.30. The molecule has 0 nitrogen and oxygen atoms in total. The zero-order valence-electron chi connectivity index (χ0n) is 8.59. The van der Waals surface area contributed by atoms with Gasteiger partial charge in [0.1, 0.15) is 0 Å². The van der Waals surface area contributed by atoms with E-state index < -0.39 is 0 Å². The highest BCUT2D eigenvalue weighted by molar-refractivity contribution is 7.16. The molecule has 0 bridgehead atoms. The molecule has 0 amide bonds. The molecule has 17 heavy (non-hydrogen) atoms. The Hall–Kier alpha value is 0.0800. The van der Waals surface area contributed by atoms with Crippen LogP contribution in [-0.4, -0.2) is 0 Å². The second-order valence-electron chi connectivity index (χ2n) is 3.56. The SMILES string of the molecule is Clc1ccc(C(Cl)Cc2ccc(Cl)c(Cl)c2)s1. The first kappa shape index (κ1) is 13.5. The molecule has 0 spiro atoms. The molecule has 0 aliphatic heterocycles. The van der Waals surface area contributed by atoms with E-state index in [1.165, 1.54) is 11.3 Å². The fourth-order valence-electron chi connectivity index (χ4n) is 1.47. The number of hydrogen-bond acceptors (Lipinski definition) is 1. The first-order valence-corrected chi connectivity index (χ1v) is 7.28. The standard InChI is InChI=1S/C12H8Cl4S/c13-8-2-1-7(5-9(8)14)6-10(15)11-3-4-12(16)17-11/h1-5,10H,6H2. The van der Waals surface area contributed by atoms with E-state index >= 15 is 0 Å². The number of thiophene rings is 1. The summed E-state index contributed by atoms with van der Waals surface area (Å²) in [5.41, 5.74) is 1.06. The average molecular weight is 326 g/mol. The van der Waals surface area contributed by atoms with Gasteiger partial charge in [-0.15, -0.1) is 22.9 Å². The molecule has 1 heterocycles. The molecular formula is C12H8Cl4S. The summed E-state index contributed by atoms with van der Waals surface area (Å²) >= 11 is 25.5. The van der Waals surface area contributed by atoms with Crippen LogP contribution in [0.5, 0.6) is 0 Å². The minimum Gasteiger partial charge on any atom is -0.127 e. The Kier molecular flexibility index (Phi) is 4.62. The lowest BCUT2D eigenvalue weighted by molar-refractivity contribution is 0.940. The lowest BCUT2D eigenvalue weighted by atomic mass is 10.1. The second-order valence-corrected chi connectivity index (χ2v) is 6.65. The predicted octanol–water partition coefficient (Wildman–Crippen LogP) is 6.23. The van der Waals surface area contributed by atoms with Gasteiger partial charge in [0, 0.05) is 4.88 Å². The van der Waals surface area contributed by atoms with Crippen LogP contribution >= 0.6 is 57.7 Å². The Morgan fingerprint density at radius 3 is 2.35 bits per heavy atom. The van der Waals surface area contributed by atoms with Crippen molar-refractivity contribution in [2.45, 2.75) is 11.8 Å². The van der Waals surface area contributed by atoms with Crippen molar-refractivity contribution in [1.82, 2.24) is 0 Å². The van der Waals surface area contributed by atoms with Gasteiger partial charge in [0.25, 0.3) is 0 Å². The van der Waals surface area contributed by atoms with Crippen molar-refractivity contribution in [3.8, 4) is 0 Å². The zero-order valence-corrected chi connectivity index (χ0v) is 12.4. The maximum absolute atomic E-state index is 6.32. The summed E-state index contributed by atoms with van der Waals surface area (Å²) < 4.78 is 0.750. The maximum Gasteiger partial charge on any atom is 0.0931 e. The van der Waals surface area contributed by atoms with Gasteiger partial charge in [-0.1, -0.05) is 40.9 Å². The molecule has 1 atom stereocenters. The van der Waals surface area contributed by atoms with Crippen LogP contribution in [0.1, 0.15) is 15.8 Å². The van der Waals surface area contributed by atoms with Crippen LogP contribution in [0.2, 0.25) is 14.4 Å². The number of hydrogen-bond donors (Lipinski definition) is 0. The summed E-state index contributed by atoms with van der Waals surface area (Å²) in [6.07, 6.45) is 0.704. The van der Waals surface area contributed by atoms with Crippen LogP contribution in [-0.2, 0) is 6.42 Å². The van der Waals surface area contributed by atoms with E-state index in [1.807, 2.05) is 24.3 Å². The molecular weight excluding hydrogens is 318 g/mol. The summed E-state index contributed by atoms with van der Waals surface area (Å²) in [5.74, 6) is 0. The van der Waals surface area contributed by atoms with Crippen molar-refractivity contribution < 1.29 is 0 Å². The summed E-state index contributed by atoms with van der Waals surface area (Å²) in [4.78, 5) is 1.06. The van der Waals surface area contributed by atoms with Gasteiger partial charge in [0.15, 0.2) is 0 Å². The maximum atomic E-state index is 6.32. The van der Waals surface area contributed by atoms with Crippen LogP contribution in [0.4, 0.5) is 0 Å². The lowest BCUT2D eigenvalue weighted by Crippen LogP contribution is -1.93. The van der Waals surface area contributed by atoms with Gasteiger partial charge < -0.3 is 0 Å². The van der Waals surface area contributed by atoms with E-state index in [1.54, 1.807) is 6.07 Å². The Morgan fingerprint density at radius 1 is 1.00 bits per heavy atom. The van der Waals surface area contributed by atoms with Crippen molar-refractivity contribution in [2.24, 2.45) is 0 Å². The van der Waals surface area contributed by atoms with E-state index in [9.17, 15) is 0 Å². The lowest BCUT2D eigenvalue weighted by Gasteiger charge is -2.08. The third-order valence-corrected chi connectivity index (χ3v) is 4.90. The smallest absolute Gasteiger partial charge is 0.0931 e. The van der Waals surface area contributed by atoms with Crippen LogP contribution < -0.4 is 0 Å². The molecule has 0 saturated heterocycles. The first-order valence-electron chi connectivity index (χ1n) is 4.89. The molecule has 0 radical (unpaired) electrons. The quantitative estimate of drug-likeness (QED) is 0.587. The molecule has 1 aromatic heterocycles. The van der Waals surface area contributed by atoms with Crippen molar-refractivity contribution in [1.29, 1.82) is 0 Å². The normalized spacial score (nSPS) is 12.7. The van der Waals surface area contributed by atoms with Gasteiger partial charge in [-0.3, -0.25) is 0 Å². The van der Waals surface area contributed by atoms with Crippen molar-refractivity contribution >= 4 is 57.7 Å². The van der Waals surface area contributed by atoms with Crippen LogP contribution in [0, 0.1) is 0 Å². The average Bonchev–Trinajstić information content (AvgIpc) is 2.70. The molecule has 0 aliphatic rings. The Balaban J connectivity index is 2.12. The van der Waals surface area contributed by atoms with Crippen LogP contribution in [0.25, 0.3) is 0 Å². The zero-order chi connectivity index (χ0) is 12.4. The fourth-order valence-corrected chi connectivity index (χ4v) is 3.21. The first-order chi connectivity index (χ1) is 8.06. The minimum absolute atomic E-state index is 0.0928. The number of alkyl halides is 1. The van der Waals surface area contributed by atoms with Gasteiger partial charge in [-0.25, -0.2) is 0 Å². The highest BCUT2D eigenvalue weighted by Gasteiger charge is 2.12. The van der Waals surface area contributed by atoms with Gasteiger partial charge in [-0.2, -0.15) is 0 Å². The van der Waals surface area contributed by atoms with Crippen LogP contribution in [0.15, 0.2) is 30.3 Å². The number of benzene rings is 1. The summed E-state index contributed by atoms with van der Waals surface area (Å²) in [7, 11) is 0. The molecule has 90 valence electrons. The third kappa shape index (κ3) is 3.52. The number of rotatable bonds is 3. The van der Waals surface area contributed by atoms with E-state index in [-0.39, 0.29) is 5.38 Å². The van der Waals surface area contributed by atoms with E-state index in [0.29, 0.717) is 16.5 Å². The van der Waals surface area contributed by atoms with E-state index in [4.69, 9.17) is 46.4 Å². The Bertz CT molecular complexity index is 521. The molecule has 0 saturated carbocycles. The largest absolute Gasteiger partial charge is 0.127 e. The Morgan fingerprint density at radius 2 is 1.76 bits per heavy atom. The second kappa shape index (κ2) is 5.81. The van der Waals surface area contributed by atoms with Gasteiger partial charge in [-0.05, 0) is 36.2 Å². The molecule has 5 heteroatoms. The summed E-state index contributed by atoms with van der Waals surface area (Å²) in [6.45, 7) is 0. The van der Waals surface area contributed by atoms with E-state index in [0.717, 1.165) is 14.8 Å². The monoisotopic (exact) mass is 324 g/mol. The van der Waals surface area contributed by atoms with Gasteiger partial charge in [0.2, 0.25) is 0 Å². The van der Waals surface area contributed by atoms with Crippen molar-refractivity contribution in [3.05, 3.63) is 55.2 Å². The molecule has 1 aromatic carbocycles. The highest BCUT2D eigenvalue weighted by atomic mass is 35.5. The van der Waals surface area contributed by atoms with Gasteiger partial charge >= 0.3 is 0 Å². The molecule has 1 unspecified atom stereocenters. The Labute approximate surface area is 124 Å². The van der Waals surface area contributed by atoms with Gasteiger partial charge in [0.05, 0.1) is 19.8 Å². The van der Waals surface area contributed by atoms with E-state index in [2.05, 4.69) is 0 Å². The van der Waals surface area contributed by atoms with Crippen molar-refractivity contribution in [2.75, 3.05) is 0 Å². The number of halogens is 4. The highest BCUT2D eigenvalue weighted by Crippen LogP contribution is 2.34. The summed E-state index contributed by atoms with van der Waals surface area (Å²) in [6, 6.07) is 9.35. The fraction of sp³-hybridized carbons (Fsp3) is 0.167. The molecule has 0 aliphatic carbocycles. The molecule has 2 rings (SSSR count). The van der Waals surface area contributed by atoms with Crippen molar-refractivity contribution in [3.63, 3.8) is 0 Å². The van der Waals surface area contributed by atoms with Crippen LogP contribution in [0.3, 0.4) is 0 Å². The molecule has 2 aromatic rings. The topological polar surface area (TPSA) is 0 Å². The summed E-state index contributed by atoms with van der Waals surface area (Å²) in [5, 5.41) is 1.02. The predicted molar refractivity (Wildman–Crippen MR) is 78.1 cm³/mol. The molecule has 0 fully saturated rings. The molecule has 0 N–H and O–H groups in total. The minimum atomic E-state index is -0.0928.